The van der Waals surface area contributed by atoms with Gasteiger partial charge in [-0.05, 0) is 39.0 Å². The van der Waals surface area contributed by atoms with E-state index in [4.69, 9.17) is 0 Å². The number of urea groups is 1. The Morgan fingerprint density at radius 2 is 1.92 bits per heavy atom. The first-order valence-corrected chi connectivity index (χ1v) is 13.7. The molecule has 2 unspecified atom stereocenters. The summed E-state index contributed by atoms with van der Waals surface area (Å²) < 4.78 is 1.53. The Morgan fingerprint density at radius 3 is 2.63 bits per heavy atom. The van der Waals surface area contributed by atoms with E-state index in [-0.39, 0.29) is 24.2 Å². The minimum absolute atomic E-state index is 0.00525. The Kier molecular flexibility index (Phi) is 6.29. The molecule has 1 aliphatic carbocycles. The summed E-state index contributed by atoms with van der Waals surface area (Å²) in [6.45, 7) is 3.65. The zero-order chi connectivity index (χ0) is 26.3. The van der Waals surface area contributed by atoms with Gasteiger partial charge < -0.3 is 14.9 Å². The summed E-state index contributed by atoms with van der Waals surface area (Å²) >= 11 is 0. The molecule has 1 saturated carbocycles. The van der Waals surface area contributed by atoms with Gasteiger partial charge in [-0.3, -0.25) is 14.5 Å². The minimum atomic E-state index is -1.09. The van der Waals surface area contributed by atoms with Crippen molar-refractivity contribution in [1.29, 1.82) is 0 Å². The monoisotopic (exact) mass is 517 g/mol. The molecule has 2 amide bonds. The number of H-pyrrole nitrogens is 1. The fourth-order valence-electron chi connectivity index (χ4n) is 6.81. The third-order valence-electron chi connectivity index (χ3n) is 8.90. The van der Waals surface area contributed by atoms with E-state index in [1.54, 1.807) is 6.33 Å². The van der Waals surface area contributed by atoms with Gasteiger partial charge >= 0.3 is 6.03 Å². The van der Waals surface area contributed by atoms with Crippen LogP contribution in [0.4, 0.5) is 4.79 Å². The van der Waals surface area contributed by atoms with E-state index in [1.165, 1.54) is 10.6 Å². The van der Waals surface area contributed by atoms with Gasteiger partial charge in [0, 0.05) is 36.7 Å². The van der Waals surface area contributed by atoms with Gasteiger partial charge in [-0.1, -0.05) is 43.2 Å². The summed E-state index contributed by atoms with van der Waals surface area (Å²) in [5.74, 6) is 1.41. The van der Waals surface area contributed by atoms with E-state index in [2.05, 4.69) is 20.2 Å². The van der Waals surface area contributed by atoms with Crippen molar-refractivity contribution in [1.82, 2.24) is 34.5 Å². The summed E-state index contributed by atoms with van der Waals surface area (Å²) in [6.07, 6.45) is 7.42. The van der Waals surface area contributed by atoms with Crippen molar-refractivity contribution in [3.8, 4) is 11.3 Å². The van der Waals surface area contributed by atoms with Crippen LogP contribution < -0.4 is 5.56 Å². The van der Waals surface area contributed by atoms with E-state index >= 15 is 0 Å². The van der Waals surface area contributed by atoms with E-state index in [9.17, 15) is 14.7 Å². The predicted molar refractivity (Wildman–Crippen MR) is 141 cm³/mol. The van der Waals surface area contributed by atoms with Crippen LogP contribution in [-0.4, -0.2) is 70.9 Å². The highest BCUT2D eigenvalue weighted by atomic mass is 16.3. The maximum atomic E-state index is 13.8. The van der Waals surface area contributed by atoms with E-state index in [1.807, 2.05) is 47.1 Å². The maximum Gasteiger partial charge on any atom is 0.320 e. The normalized spacial score (nSPS) is 24.8. The Balaban J connectivity index is 1.22. The number of hydrogen-bond donors (Lipinski definition) is 2. The molecule has 38 heavy (non-hydrogen) atoms. The molecule has 1 aromatic carbocycles. The summed E-state index contributed by atoms with van der Waals surface area (Å²) in [5, 5.41) is 19.3. The first kappa shape index (κ1) is 24.8. The second kappa shape index (κ2) is 9.65. The molecular weight excluding hydrogens is 482 g/mol. The van der Waals surface area contributed by atoms with Crippen molar-refractivity contribution in [2.24, 2.45) is 5.41 Å². The summed E-state index contributed by atoms with van der Waals surface area (Å²) in [4.78, 5) is 39.7. The zero-order valence-electron chi connectivity index (χ0n) is 21.8. The van der Waals surface area contributed by atoms with Gasteiger partial charge in [0.15, 0.2) is 5.82 Å². The average Bonchev–Trinajstić information content (AvgIpc) is 3.69. The standard InChI is InChI=1S/C28H35N7O3/c1-20-30-25(32-31-20)23-10-7-14-35(23)26(37)33-15-13-28(38,27(17-33)11-5-6-12-27)18-34-19-29-22(16-24(34)36)21-8-3-2-4-9-21/h2-4,8-9,16,19,23,38H,5-7,10-15,17-18H2,1H3,(H,30,31,32). The molecule has 3 aliphatic rings. The molecular formula is C28H35N7O3. The maximum absolute atomic E-state index is 13.8. The third-order valence-corrected chi connectivity index (χ3v) is 8.90. The number of hydrogen-bond acceptors (Lipinski definition) is 6. The number of carbonyl (C=O) groups is 1. The second-order valence-corrected chi connectivity index (χ2v) is 11.2. The first-order valence-electron chi connectivity index (χ1n) is 13.7. The number of carbonyl (C=O) groups excluding carboxylic acids is 1. The van der Waals surface area contributed by atoms with Crippen molar-refractivity contribution in [2.45, 2.75) is 70.1 Å². The second-order valence-electron chi connectivity index (χ2n) is 11.2. The highest BCUT2D eigenvalue weighted by Crippen LogP contribution is 2.52. The molecule has 2 aromatic heterocycles. The lowest BCUT2D eigenvalue weighted by atomic mass is 9.66. The highest BCUT2D eigenvalue weighted by molar-refractivity contribution is 5.75. The van der Waals surface area contributed by atoms with Crippen molar-refractivity contribution in [2.75, 3.05) is 19.6 Å². The number of nitrogens with zero attached hydrogens (tertiary/aromatic N) is 6. The molecule has 3 fully saturated rings. The van der Waals surface area contributed by atoms with Gasteiger partial charge in [0.05, 0.1) is 30.2 Å². The van der Waals surface area contributed by atoms with Gasteiger partial charge in [-0.15, -0.1) is 0 Å². The van der Waals surface area contributed by atoms with E-state index in [0.29, 0.717) is 37.6 Å². The van der Waals surface area contributed by atoms with Gasteiger partial charge in [0.1, 0.15) is 5.82 Å². The molecule has 2 N–H and O–H groups in total. The number of aromatic amines is 1. The van der Waals surface area contributed by atoms with Crippen LogP contribution in [0.3, 0.4) is 0 Å². The highest BCUT2D eigenvalue weighted by Gasteiger charge is 2.56. The average molecular weight is 518 g/mol. The van der Waals surface area contributed by atoms with Crippen LogP contribution in [0.1, 0.15) is 62.6 Å². The zero-order valence-corrected chi connectivity index (χ0v) is 21.8. The van der Waals surface area contributed by atoms with Crippen molar-refractivity contribution in [3.05, 3.63) is 64.7 Å². The van der Waals surface area contributed by atoms with Crippen molar-refractivity contribution < 1.29 is 9.90 Å². The van der Waals surface area contributed by atoms with Crippen LogP contribution in [0.2, 0.25) is 0 Å². The molecule has 0 bridgehead atoms. The summed E-state index contributed by atoms with van der Waals surface area (Å²) in [6, 6.07) is 11.0. The smallest absolute Gasteiger partial charge is 0.320 e. The molecule has 2 aliphatic heterocycles. The lowest BCUT2D eigenvalue weighted by Gasteiger charge is -2.53. The van der Waals surface area contributed by atoms with E-state index in [0.717, 1.165) is 49.9 Å². The largest absolute Gasteiger partial charge is 0.387 e. The molecule has 2 atom stereocenters. The van der Waals surface area contributed by atoms with Crippen LogP contribution in [0.25, 0.3) is 11.3 Å². The van der Waals surface area contributed by atoms with Crippen molar-refractivity contribution >= 4 is 6.03 Å². The quantitative estimate of drug-likeness (QED) is 0.548. The number of benzene rings is 1. The van der Waals surface area contributed by atoms with Crippen LogP contribution in [-0.2, 0) is 6.54 Å². The Labute approximate surface area is 221 Å². The number of piperidine rings is 1. The summed E-state index contributed by atoms with van der Waals surface area (Å²) in [7, 11) is 0. The number of likely N-dealkylation sites (tertiary alicyclic amines) is 2. The number of aliphatic hydroxyl groups is 1. The fourth-order valence-corrected chi connectivity index (χ4v) is 6.81. The molecule has 6 rings (SSSR count). The molecule has 10 heteroatoms. The topological polar surface area (TPSA) is 120 Å². The fraction of sp³-hybridized carbons (Fsp3) is 0.536. The molecule has 4 heterocycles. The van der Waals surface area contributed by atoms with E-state index < -0.39 is 11.0 Å². The van der Waals surface area contributed by atoms with Gasteiger partial charge in [-0.25, -0.2) is 14.8 Å². The van der Waals surface area contributed by atoms with Gasteiger partial charge in [-0.2, -0.15) is 5.10 Å². The Morgan fingerprint density at radius 1 is 1.13 bits per heavy atom. The third kappa shape index (κ3) is 4.30. The predicted octanol–water partition coefficient (Wildman–Crippen LogP) is 3.29. The first-order chi connectivity index (χ1) is 18.4. The summed E-state index contributed by atoms with van der Waals surface area (Å²) in [5.41, 5.74) is -0.215. The number of nitrogens with one attached hydrogen (secondary N) is 1. The lowest BCUT2D eigenvalue weighted by molar-refractivity contribution is -0.136. The Hall–Kier alpha value is -3.53. The number of amides is 2. The number of aryl methyl sites for hydroxylation is 1. The molecule has 200 valence electrons. The van der Waals surface area contributed by atoms with Crippen LogP contribution >= 0.6 is 0 Å². The lowest BCUT2D eigenvalue weighted by Crippen LogP contribution is -2.63. The molecule has 10 nitrogen and oxygen atoms in total. The molecule has 0 radical (unpaired) electrons. The minimum Gasteiger partial charge on any atom is -0.387 e. The number of rotatable bonds is 4. The molecule has 2 saturated heterocycles. The SMILES string of the molecule is Cc1nc(C2CCCN2C(=O)N2CCC(O)(Cn3cnc(-c4ccccc4)cc3=O)C3(CCCC3)C2)n[nH]1. The van der Waals surface area contributed by atoms with Crippen LogP contribution in [0.15, 0.2) is 47.5 Å². The van der Waals surface area contributed by atoms with Gasteiger partial charge in [0.25, 0.3) is 5.56 Å². The number of aromatic nitrogens is 5. The molecule has 3 aromatic rings. The van der Waals surface area contributed by atoms with Crippen LogP contribution in [0.5, 0.6) is 0 Å². The Bertz CT molecular complexity index is 1360. The van der Waals surface area contributed by atoms with Crippen molar-refractivity contribution in [3.63, 3.8) is 0 Å². The molecule has 1 spiro atoms. The van der Waals surface area contributed by atoms with Gasteiger partial charge in [0.2, 0.25) is 0 Å². The van der Waals surface area contributed by atoms with Crippen LogP contribution in [0, 0.1) is 12.3 Å².